The molecule has 0 aliphatic heterocycles. The van der Waals surface area contributed by atoms with Crippen molar-refractivity contribution in [2.75, 3.05) is 0 Å². The predicted octanol–water partition coefficient (Wildman–Crippen LogP) is 3.21. The molecule has 4 nitrogen and oxygen atoms in total. The van der Waals surface area contributed by atoms with Crippen molar-refractivity contribution in [2.24, 2.45) is 0 Å². The lowest BCUT2D eigenvalue weighted by Crippen LogP contribution is -2.83. The van der Waals surface area contributed by atoms with Crippen LogP contribution in [0.1, 0.15) is 24.4 Å². The maximum absolute atomic E-state index is 5.88. The molecule has 0 fully saturated rings. The predicted molar refractivity (Wildman–Crippen MR) is 85.2 cm³/mol. The molecular weight excluding hydrogens is 298 g/mol. The van der Waals surface area contributed by atoms with Gasteiger partial charge in [-0.1, -0.05) is 41.9 Å². The van der Waals surface area contributed by atoms with Crippen LogP contribution in [0.4, 0.5) is 0 Å². The molecule has 0 unspecified atom stereocenters. The fourth-order valence-corrected chi connectivity index (χ4v) is 2.34. The Bertz CT molecular complexity index is 725. The summed E-state index contributed by atoms with van der Waals surface area (Å²) in [5.41, 5.74) is 2.15. The first kappa shape index (κ1) is 14.8. The highest BCUT2D eigenvalue weighted by Gasteiger charge is 2.13. The van der Waals surface area contributed by atoms with Gasteiger partial charge < -0.3 is 9.73 Å². The second-order valence-electron chi connectivity index (χ2n) is 5.15. The van der Waals surface area contributed by atoms with Crippen LogP contribution < -0.4 is 5.32 Å². The lowest BCUT2D eigenvalue weighted by Gasteiger charge is -2.08. The molecule has 0 aliphatic carbocycles. The van der Waals surface area contributed by atoms with Crippen LogP contribution in [0.3, 0.4) is 0 Å². The molecule has 2 aromatic carbocycles. The van der Waals surface area contributed by atoms with Gasteiger partial charge in [0, 0.05) is 16.1 Å². The first-order valence-electron chi connectivity index (χ1n) is 7.19. The van der Waals surface area contributed by atoms with Gasteiger partial charge in [0.1, 0.15) is 6.04 Å². The second-order valence-corrected chi connectivity index (χ2v) is 5.58. The normalized spacial score (nSPS) is 12.3. The number of rotatable bonds is 5. The maximum atomic E-state index is 5.88. The van der Waals surface area contributed by atoms with Gasteiger partial charge in [0.25, 0.3) is 5.89 Å². The van der Waals surface area contributed by atoms with Crippen molar-refractivity contribution < 1.29 is 9.73 Å². The Morgan fingerprint density at radius 1 is 1.05 bits per heavy atom. The number of halogens is 1. The summed E-state index contributed by atoms with van der Waals surface area (Å²) in [7, 11) is 0. The van der Waals surface area contributed by atoms with Crippen molar-refractivity contribution in [1.29, 1.82) is 0 Å². The summed E-state index contributed by atoms with van der Waals surface area (Å²) < 4.78 is 5.70. The fourth-order valence-electron chi connectivity index (χ4n) is 2.22. The summed E-state index contributed by atoms with van der Waals surface area (Å²) in [6.45, 7) is 2.81. The summed E-state index contributed by atoms with van der Waals surface area (Å²) in [4.78, 5) is 0. The Kier molecular flexibility index (Phi) is 4.51. The van der Waals surface area contributed by atoms with Crippen LogP contribution >= 0.6 is 11.6 Å². The molecular formula is C17H17ClN3O+. The first-order chi connectivity index (χ1) is 10.7. The van der Waals surface area contributed by atoms with Crippen LogP contribution in [0, 0.1) is 0 Å². The minimum absolute atomic E-state index is 0.340. The van der Waals surface area contributed by atoms with E-state index in [0.717, 1.165) is 5.56 Å². The van der Waals surface area contributed by atoms with Crippen molar-refractivity contribution in [1.82, 2.24) is 10.2 Å². The summed E-state index contributed by atoms with van der Waals surface area (Å²) in [6, 6.07) is 18.1. The molecule has 0 bridgehead atoms. The molecule has 1 heterocycles. The molecule has 1 aromatic heterocycles. The third kappa shape index (κ3) is 3.53. The molecule has 112 valence electrons. The van der Waals surface area contributed by atoms with Crippen LogP contribution in [-0.2, 0) is 6.54 Å². The van der Waals surface area contributed by atoms with E-state index >= 15 is 0 Å². The number of benzene rings is 2. The third-order valence-corrected chi connectivity index (χ3v) is 3.78. The van der Waals surface area contributed by atoms with Gasteiger partial charge in [-0.05, 0) is 31.2 Å². The Labute approximate surface area is 134 Å². The van der Waals surface area contributed by atoms with Crippen molar-refractivity contribution in [3.8, 4) is 11.5 Å². The van der Waals surface area contributed by atoms with E-state index in [0.29, 0.717) is 29.4 Å². The second kappa shape index (κ2) is 6.73. The molecule has 22 heavy (non-hydrogen) atoms. The molecule has 0 aliphatic rings. The minimum atomic E-state index is 0.340. The average Bonchev–Trinajstić information content (AvgIpc) is 3.03. The van der Waals surface area contributed by atoms with Gasteiger partial charge in [0.2, 0.25) is 5.89 Å². The standard InChI is InChI=1S/C17H16ClN3O/c1-12(13-5-3-2-4-6-13)19-11-16-20-21-17(22-16)14-7-9-15(18)10-8-14/h2-10,12,19H,11H2,1H3/p+1/t12-/m0/s1. The zero-order valence-corrected chi connectivity index (χ0v) is 13.0. The summed E-state index contributed by atoms with van der Waals surface area (Å²) >= 11 is 5.88. The molecule has 0 spiro atoms. The number of hydrogen-bond donors (Lipinski definition) is 1. The van der Waals surface area contributed by atoms with Crippen LogP contribution in [0.5, 0.6) is 0 Å². The number of aromatic nitrogens is 2. The van der Waals surface area contributed by atoms with Gasteiger partial charge in [-0.25, -0.2) is 0 Å². The molecule has 5 heteroatoms. The van der Waals surface area contributed by atoms with E-state index in [9.17, 15) is 0 Å². The quantitative estimate of drug-likeness (QED) is 0.786. The van der Waals surface area contributed by atoms with Crippen LogP contribution in [0.25, 0.3) is 11.5 Å². The number of hydrogen-bond acceptors (Lipinski definition) is 3. The van der Waals surface area contributed by atoms with E-state index in [2.05, 4.69) is 34.6 Å². The van der Waals surface area contributed by atoms with Crippen LogP contribution in [0.15, 0.2) is 59.0 Å². The number of nitrogens with two attached hydrogens (primary N) is 1. The van der Waals surface area contributed by atoms with Crippen molar-refractivity contribution in [3.05, 3.63) is 71.1 Å². The third-order valence-electron chi connectivity index (χ3n) is 3.53. The lowest BCUT2D eigenvalue weighted by molar-refractivity contribution is -0.709. The highest BCUT2D eigenvalue weighted by Crippen LogP contribution is 2.20. The minimum Gasteiger partial charge on any atom is -0.415 e. The van der Waals surface area contributed by atoms with Gasteiger partial charge in [0.05, 0.1) is 0 Å². The topological polar surface area (TPSA) is 55.5 Å². The summed E-state index contributed by atoms with van der Waals surface area (Å²) in [5.74, 6) is 1.14. The smallest absolute Gasteiger partial charge is 0.271 e. The van der Waals surface area contributed by atoms with E-state index in [-0.39, 0.29) is 0 Å². The Morgan fingerprint density at radius 3 is 2.50 bits per heavy atom. The van der Waals surface area contributed by atoms with Gasteiger partial charge in [-0.3, -0.25) is 0 Å². The molecule has 3 rings (SSSR count). The number of quaternary nitrogens is 1. The SMILES string of the molecule is C[C@H]([NH2+]Cc1nnc(-c2ccc(Cl)cc2)o1)c1ccccc1. The Morgan fingerprint density at radius 2 is 1.77 bits per heavy atom. The van der Waals surface area contributed by atoms with E-state index in [1.807, 2.05) is 42.5 Å². The molecule has 0 saturated heterocycles. The first-order valence-corrected chi connectivity index (χ1v) is 7.57. The largest absolute Gasteiger partial charge is 0.415 e. The zero-order chi connectivity index (χ0) is 15.4. The zero-order valence-electron chi connectivity index (χ0n) is 12.2. The average molecular weight is 315 g/mol. The Balaban J connectivity index is 1.63. The van der Waals surface area contributed by atoms with E-state index in [1.54, 1.807) is 0 Å². The van der Waals surface area contributed by atoms with Gasteiger partial charge >= 0.3 is 0 Å². The summed E-state index contributed by atoms with van der Waals surface area (Å²) in [5, 5.41) is 11.1. The maximum Gasteiger partial charge on any atom is 0.271 e. The van der Waals surface area contributed by atoms with E-state index < -0.39 is 0 Å². The van der Waals surface area contributed by atoms with Crippen molar-refractivity contribution in [3.63, 3.8) is 0 Å². The van der Waals surface area contributed by atoms with E-state index in [1.165, 1.54) is 5.56 Å². The van der Waals surface area contributed by atoms with Crippen molar-refractivity contribution >= 4 is 11.6 Å². The molecule has 0 saturated carbocycles. The summed E-state index contributed by atoms with van der Waals surface area (Å²) in [6.07, 6.45) is 0. The highest BCUT2D eigenvalue weighted by atomic mass is 35.5. The van der Waals surface area contributed by atoms with E-state index in [4.69, 9.17) is 16.0 Å². The van der Waals surface area contributed by atoms with Gasteiger partial charge in [0.15, 0.2) is 6.54 Å². The Hall–Kier alpha value is -2.17. The molecule has 2 N–H and O–H groups in total. The van der Waals surface area contributed by atoms with Crippen LogP contribution in [0.2, 0.25) is 5.02 Å². The lowest BCUT2D eigenvalue weighted by atomic mass is 10.1. The molecule has 0 radical (unpaired) electrons. The van der Waals surface area contributed by atoms with Crippen molar-refractivity contribution in [2.45, 2.75) is 19.5 Å². The molecule has 0 amide bonds. The fraction of sp³-hybridized carbons (Fsp3) is 0.176. The highest BCUT2D eigenvalue weighted by molar-refractivity contribution is 6.30. The monoisotopic (exact) mass is 314 g/mol. The number of nitrogens with zero attached hydrogens (tertiary/aromatic N) is 2. The van der Waals surface area contributed by atoms with Crippen LogP contribution in [-0.4, -0.2) is 10.2 Å². The molecule has 1 atom stereocenters. The van der Waals surface area contributed by atoms with Gasteiger partial charge in [-0.15, -0.1) is 10.2 Å². The molecule has 3 aromatic rings. The van der Waals surface area contributed by atoms with Gasteiger partial charge in [-0.2, -0.15) is 0 Å².